The third-order valence-corrected chi connectivity index (χ3v) is 19.5. The Morgan fingerprint density at radius 2 is 0.444 bits per heavy atom. The van der Waals surface area contributed by atoms with Crippen LogP contribution in [0, 0.1) is 23.7 Å². The zero-order chi connectivity index (χ0) is 64.4. The lowest BCUT2D eigenvalue weighted by Crippen LogP contribution is -2.14. The molecule has 514 valence electrons. The van der Waals surface area contributed by atoms with Crippen LogP contribution in [0.2, 0.25) is 0 Å². The molecule has 0 N–H and O–H groups in total. The van der Waals surface area contributed by atoms with E-state index in [4.69, 9.17) is 18.9 Å². The normalized spacial score (nSPS) is 13.2. The van der Waals surface area contributed by atoms with Crippen molar-refractivity contribution in [1.29, 1.82) is 0 Å². The first-order valence-electron chi connectivity index (χ1n) is 39.6. The number of unbranched alkanes of at least 4 members (excludes halogenated alkanes) is 32. The van der Waals surface area contributed by atoms with Crippen LogP contribution in [0.3, 0.4) is 0 Å². The molecule has 0 heterocycles. The van der Waals surface area contributed by atoms with Crippen LogP contribution in [0.5, 0.6) is 23.0 Å². The van der Waals surface area contributed by atoms with Gasteiger partial charge in [-0.3, -0.25) is 0 Å². The Morgan fingerprint density at radius 3 is 0.689 bits per heavy atom. The van der Waals surface area contributed by atoms with Crippen molar-refractivity contribution < 1.29 is 18.9 Å². The Hall–Kier alpha value is -3.66. The molecule has 0 aliphatic rings. The molecular weight excluding hydrogens is 1100 g/mol. The van der Waals surface area contributed by atoms with E-state index in [0.717, 1.165) is 60.6 Å². The van der Waals surface area contributed by atoms with Gasteiger partial charge in [0.1, 0.15) is 23.0 Å². The van der Waals surface area contributed by atoms with Gasteiger partial charge in [-0.15, -0.1) is 0 Å². The molecule has 4 atom stereocenters. The molecule has 0 fully saturated rings. The van der Waals surface area contributed by atoms with Crippen LogP contribution in [0.4, 0.5) is 0 Å². The van der Waals surface area contributed by atoms with Crippen molar-refractivity contribution in [2.75, 3.05) is 26.4 Å². The Labute approximate surface area is 559 Å². The molecule has 0 radical (unpaired) electrons. The van der Waals surface area contributed by atoms with Crippen molar-refractivity contribution in [3.8, 4) is 23.0 Å². The molecule has 4 nitrogen and oxygen atoms in total. The van der Waals surface area contributed by atoms with Crippen molar-refractivity contribution in [1.82, 2.24) is 0 Å². The maximum atomic E-state index is 6.94. The van der Waals surface area contributed by atoms with Gasteiger partial charge in [-0.25, -0.2) is 0 Å². The second-order valence-corrected chi connectivity index (χ2v) is 28.1. The van der Waals surface area contributed by atoms with Crippen molar-refractivity contribution in [2.24, 2.45) is 23.7 Å². The molecular formula is C86H146O4. The summed E-state index contributed by atoms with van der Waals surface area (Å²) in [5.74, 6) is 6.22. The third-order valence-electron chi connectivity index (χ3n) is 19.5. The number of benzene rings is 3. The smallest absolute Gasteiger partial charge is 0.126 e. The molecule has 3 aromatic rings. The highest BCUT2D eigenvalue weighted by molar-refractivity contribution is 5.76. The van der Waals surface area contributed by atoms with E-state index in [0.29, 0.717) is 23.7 Å². The number of rotatable bonds is 64. The lowest BCUT2D eigenvalue weighted by Gasteiger charge is -2.20. The van der Waals surface area contributed by atoms with E-state index in [1.807, 2.05) is 0 Å². The van der Waals surface area contributed by atoms with Gasteiger partial charge >= 0.3 is 0 Å². The summed E-state index contributed by atoms with van der Waals surface area (Å²) >= 11 is 0. The first kappa shape index (κ1) is 80.6. The SMILES string of the molecule is CCCCCCCCC(CCCCCC)COc1ccc(OCC(CCCCCC)CCCCCCCC)c(/C=C/c2ccc(/C=C/c3cc(OCC(CCCCCC)CCCCCCCC)ccc3OCC(CCCCCC)CCCCCCCC)cc2)c1. The van der Waals surface area contributed by atoms with Crippen LogP contribution in [-0.2, 0) is 0 Å². The zero-order valence-corrected chi connectivity index (χ0v) is 60.8. The molecule has 0 spiro atoms. The van der Waals surface area contributed by atoms with Gasteiger partial charge < -0.3 is 18.9 Å². The summed E-state index contributed by atoms with van der Waals surface area (Å²) in [6, 6.07) is 22.4. The molecule has 0 amide bonds. The monoisotopic (exact) mass is 1240 g/mol. The fourth-order valence-electron chi connectivity index (χ4n) is 13.2. The van der Waals surface area contributed by atoms with E-state index in [-0.39, 0.29) is 0 Å². The molecule has 0 saturated carbocycles. The number of ether oxygens (including phenoxy) is 4. The molecule has 3 rings (SSSR count). The maximum Gasteiger partial charge on any atom is 0.126 e. The molecule has 0 bridgehead atoms. The first-order chi connectivity index (χ1) is 44.4. The summed E-state index contributed by atoms with van der Waals surface area (Å²) in [5, 5.41) is 0. The molecule has 90 heavy (non-hydrogen) atoms. The van der Waals surface area contributed by atoms with E-state index in [9.17, 15) is 0 Å². The fourth-order valence-corrected chi connectivity index (χ4v) is 13.2. The van der Waals surface area contributed by atoms with Crippen molar-refractivity contribution in [3.05, 3.63) is 82.9 Å². The van der Waals surface area contributed by atoms with Crippen LogP contribution >= 0.6 is 0 Å². The molecule has 0 saturated heterocycles. The lowest BCUT2D eigenvalue weighted by atomic mass is 9.95. The van der Waals surface area contributed by atoms with E-state index in [1.54, 1.807) is 0 Å². The fraction of sp³-hybridized carbons (Fsp3) is 0.744. The van der Waals surface area contributed by atoms with Crippen molar-refractivity contribution in [2.45, 2.75) is 364 Å². The van der Waals surface area contributed by atoms with Crippen LogP contribution in [-0.4, -0.2) is 26.4 Å². The topological polar surface area (TPSA) is 36.9 Å². The highest BCUT2D eigenvalue weighted by atomic mass is 16.5. The number of hydrogen-bond acceptors (Lipinski definition) is 4. The zero-order valence-electron chi connectivity index (χ0n) is 60.8. The third kappa shape index (κ3) is 41.8. The molecule has 4 heteroatoms. The van der Waals surface area contributed by atoms with E-state index in [2.05, 4.69) is 140 Å². The van der Waals surface area contributed by atoms with Crippen molar-refractivity contribution in [3.63, 3.8) is 0 Å². The Kier molecular flexibility index (Phi) is 51.9. The molecule has 4 unspecified atom stereocenters. The van der Waals surface area contributed by atoms with Crippen molar-refractivity contribution >= 4 is 24.3 Å². The summed E-state index contributed by atoms with van der Waals surface area (Å²) < 4.78 is 27.5. The Bertz CT molecular complexity index is 1950. The van der Waals surface area contributed by atoms with Gasteiger partial charge in [0, 0.05) is 11.1 Å². The van der Waals surface area contributed by atoms with Gasteiger partial charge in [-0.05, 0) is 123 Å². The highest BCUT2D eigenvalue weighted by Crippen LogP contribution is 2.33. The van der Waals surface area contributed by atoms with Gasteiger partial charge in [0.2, 0.25) is 0 Å². The minimum Gasteiger partial charge on any atom is -0.493 e. The Balaban J connectivity index is 1.95. The van der Waals surface area contributed by atoms with Gasteiger partial charge in [0.05, 0.1) is 26.4 Å². The maximum absolute atomic E-state index is 6.94. The average molecular weight is 1240 g/mol. The number of hydrogen-bond donors (Lipinski definition) is 0. The Morgan fingerprint density at radius 1 is 0.233 bits per heavy atom. The molecule has 0 aliphatic heterocycles. The minimum absolute atomic E-state index is 0.582. The summed E-state index contributed by atoms with van der Waals surface area (Å²) in [7, 11) is 0. The summed E-state index contributed by atoms with van der Waals surface area (Å²) in [4.78, 5) is 0. The first-order valence-corrected chi connectivity index (χ1v) is 39.6. The lowest BCUT2D eigenvalue weighted by molar-refractivity contribution is 0.219. The second kappa shape index (κ2) is 58.0. The van der Waals surface area contributed by atoms with E-state index >= 15 is 0 Å². The molecule has 0 aromatic heterocycles. The highest BCUT2D eigenvalue weighted by Gasteiger charge is 2.17. The van der Waals surface area contributed by atoms with Gasteiger partial charge in [-0.1, -0.05) is 361 Å². The van der Waals surface area contributed by atoms with Gasteiger partial charge in [0.15, 0.2) is 0 Å². The summed E-state index contributed by atoms with van der Waals surface area (Å²) in [6.45, 7) is 21.7. The van der Waals surface area contributed by atoms with E-state index < -0.39 is 0 Å². The van der Waals surface area contributed by atoms with Crippen LogP contribution in [0.25, 0.3) is 24.3 Å². The van der Waals surface area contributed by atoms with Gasteiger partial charge in [-0.2, -0.15) is 0 Å². The predicted octanol–water partition coefficient (Wildman–Crippen LogP) is 28.9. The summed E-state index contributed by atoms with van der Waals surface area (Å²) in [6.07, 6.45) is 72.4. The quantitative estimate of drug-likeness (QED) is 0.0417. The van der Waals surface area contributed by atoms with Crippen LogP contribution in [0.15, 0.2) is 60.7 Å². The molecule has 3 aromatic carbocycles. The summed E-state index contributed by atoms with van der Waals surface area (Å²) in [5.41, 5.74) is 4.55. The average Bonchev–Trinajstić information content (AvgIpc) is 2.72. The second-order valence-electron chi connectivity index (χ2n) is 28.1. The van der Waals surface area contributed by atoms with Gasteiger partial charge in [0.25, 0.3) is 0 Å². The standard InChI is InChI=1S/C86H146O4/c1-9-17-25-33-37-45-53-77(49-41-29-21-13-5)71-87-83-65-67-85(89-73-79(51-43-31-23-15-7)55-47-39-35-27-19-11-3)81(69-83)63-61-75-57-59-76(60-58-75)62-64-82-70-84(88-72-78(50-42-30-22-14-6)54-46-38-34-26-18-10-2)66-68-86(82)90-74-80(52-44-32-24-16-8)56-48-40-36-28-20-12-4/h57-70,77-80H,9-56,71-74H2,1-8H3/b63-61+,64-62+. The van der Waals surface area contributed by atoms with Crippen LogP contribution < -0.4 is 18.9 Å². The van der Waals surface area contributed by atoms with Crippen LogP contribution in [0.1, 0.15) is 386 Å². The predicted molar refractivity (Wildman–Crippen MR) is 400 cm³/mol. The minimum atomic E-state index is 0.582. The molecule has 0 aliphatic carbocycles. The van der Waals surface area contributed by atoms with E-state index in [1.165, 1.54) is 319 Å². The largest absolute Gasteiger partial charge is 0.493 e.